The van der Waals surface area contributed by atoms with Crippen molar-refractivity contribution in [1.29, 1.82) is 5.26 Å². The molecule has 9 nitrogen and oxygen atoms in total. The van der Waals surface area contributed by atoms with Gasteiger partial charge in [0.15, 0.2) is 0 Å². The lowest BCUT2D eigenvalue weighted by molar-refractivity contribution is 0.100. The molecule has 2 aromatic heterocycles. The summed E-state index contributed by atoms with van der Waals surface area (Å²) < 4.78 is 0. The van der Waals surface area contributed by atoms with Crippen molar-refractivity contribution >= 4 is 28.9 Å². The van der Waals surface area contributed by atoms with E-state index in [-0.39, 0.29) is 0 Å². The predicted molar refractivity (Wildman–Crippen MR) is 123 cm³/mol. The van der Waals surface area contributed by atoms with Gasteiger partial charge in [-0.25, -0.2) is 9.97 Å². The van der Waals surface area contributed by atoms with Gasteiger partial charge in [0.25, 0.3) is 5.91 Å². The number of nitriles is 1. The average Bonchev–Trinajstić information content (AvgIpc) is 2.83. The summed E-state index contributed by atoms with van der Waals surface area (Å²) in [5, 5.41) is 15.5. The first-order valence-corrected chi connectivity index (χ1v) is 10.4. The third-order valence-electron chi connectivity index (χ3n) is 5.45. The lowest BCUT2D eigenvalue weighted by Crippen LogP contribution is -2.38. The van der Waals surface area contributed by atoms with Gasteiger partial charge in [0.2, 0.25) is 0 Å². The second-order valence-corrected chi connectivity index (χ2v) is 7.69. The fourth-order valence-electron chi connectivity index (χ4n) is 3.83. The Morgan fingerprint density at radius 2 is 2.03 bits per heavy atom. The summed E-state index contributed by atoms with van der Waals surface area (Å²) in [6.45, 7) is 2.57. The minimum Gasteiger partial charge on any atom is -0.384 e. The summed E-state index contributed by atoms with van der Waals surface area (Å²) in [5.74, 6) is 0.961. The van der Waals surface area contributed by atoms with Crippen LogP contribution >= 0.6 is 0 Å². The molecule has 0 radical (unpaired) electrons. The van der Waals surface area contributed by atoms with Crippen LogP contribution in [0.25, 0.3) is 0 Å². The molecule has 9 heteroatoms. The minimum atomic E-state index is -0.533. The van der Waals surface area contributed by atoms with Crippen molar-refractivity contribution in [3.63, 3.8) is 0 Å². The van der Waals surface area contributed by atoms with Crippen LogP contribution in [-0.2, 0) is 0 Å². The number of rotatable bonds is 7. The van der Waals surface area contributed by atoms with E-state index < -0.39 is 5.91 Å². The van der Waals surface area contributed by atoms with Gasteiger partial charge in [-0.15, -0.1) is 0 Å². The SMILES string of the molecule is N#Cc1ccc(N2CCCC(CNc3cc(Nc4cnccn4)ncc3C(N)=O)C2)cc1. The Labute approximate surface area is 186 Å². The van der Waals surface area contributed by atoms with E-state index in [4.69, 9.17) is 11.0 Å². The predicted octanol–water partition coefficient (Wildman–Crippen LogP) is 2.91. The van der Waals surface area contributed by atoms with E-state index in [2.05, 4.69) is 36.6 Å². The molecule has 32 heavy (non-hydrogen) atoms. The van der Waals surface area contributed by atoms with Gasteiger partial charge in [-0.2, -0.15) is 5.26 Å². The number of carbonyl (C=O) groups is 1. The quantitative estimate of drug-likeness (QED) is 0.523. The molecule has 0 saturated carbocycles. The summed E-state index contributed by atoms with van der Waals surface area (Å²) >= 11 is 0. The molecule has 162 valence electrons. The first-order chi connectivity index (χ1) is 15.6. The Balaban J connectivity index is 1.44. The number of hydrogen-bond donors (Lipinski definition) is 3. The van der Waals surface area contributed by atoms with Crippen molar-refractivity contribution in [1.82, 2.24) is 15.0 Å². The van der Waals surface area contributed by atoms with Crippen molar-refractivity contribution in [3.8, 4) is 6.07 Å². The smallest absolute Gasteiger partial charge is 0.252 e. The molecular weight excluding hydrogens is 404 g/mol. The number of nitrogens with zero attached hydrogens (tertiary/aromatic N) is 5. The van der Waals surface area contributed by atoms with Crippen molar-refractivity contribution < 1.29 is 4.79 Å². The second-order valence-electron chi connectivity index (χ2n) is 7.69. The van der Waals surface area contributed by atoms with Crippen molar-refractivity contribution in [2.24, 2.45) is 11.7 Å². The fourth-order valence-corrected chi connectivity index (χ4v) is 3.83. The second kappa shape index (κ2) is 9.75. The molecular formula is C23H24N8O. The van der Waals surface area contributed by atoms with E-state index in [1.54, 1.807) is 24.7 Å². The number of carbonyl (C=O) groups excluding carboxylic acids is 1. The number of hydrogen-bond acceptors (Lipinski definition) is 8. The van der Waals surface area contributed by atoms with Crippen molar-refractivity contribution in [2.45, 2.75) is 12.8 Å². The van der Waals surface area contributed by atoms with Crippen LogP contribution in [0, 0.1) is 17.2 Å². The Hall–Kier alpha value is -4.19. The van der Waals surface area contributed by atoms with Crippen molar-refractivity contribution in [3.05, 3.63) is 66.2 Å². The number of anilines is 4. The van der Waals surface area contributed by atoms with Crippen LogP contribution in [0.3, 0.4) is 0 Å². The van der Waals surface area contributed by atoms with E-state index in [0.29, 0.717) is 40.9 Å². The van der Waals surface area contributed by atoms with Crippen molar-refractivity contribution in [2.75, 3.05) is 35.2 Å². The maximum atomic E-state index is 11.9. The third kappa shape index (κ3) is 5.10. The van der Waals surface area contributed by atoms with Gasteiger partial charge in [0.1, 0.15) is 11.6 Å². The normalized spacial score (nSPS) is 15.6. The van der Waals surface area contributed by atoms with E-state index in [9.17, 15) is 4.79 Å². The van der Waals surface area contributed by atoms with Gasteiger partial charge in [-0.3, -0.25) is 9.78 Å². The average molecular weight is 429 g/mol. The highest BCUT2D eigenvalue weighted by Crippen LogP contribution is 2.25. The molecule has 0 spiro atoms. The highest BCUT2D eigenvalue weighted by molar-refractivity contribution is 5.98. The largest absolute Gasteiger partial charge is 0.384 e. The molecule has 0 bridgehead atoms. The number of primary amides is 1. The highest BCUT2D eigenvalue weighted by Gasteiger charge is 2.21. The van der Waals surface area contributed by atoms with Gasteiger partial charge in [-0.05, 0) is 43.0 Å². The molecule has 1 saturated heterocycles. The molecule has 1 amide bonds. The van der Waals surface area contributed by atoms with E-state index in [0.717, 1.165) is 31.6 Å². The summed E-state index contributed by atoms with van der Waals surface area (Å²) in [6.07, 6.45) is 8.39. The maximum absolute atomic E-state index is 11.9. The van der Waals surface area contributed by atoms with Gasteiger partial charge in [0.05, 0.1) is 29.1 Å². The number of amides is 1. The summed E-state index contributed by atoms with van der Waals surface area (Å²) in [4.78, 5) is 26.7. The van der Waals surface area contributed by atoms with Gasteiger partial charge < -0.3 is 21.3 Å². The van der Waals surface area contributed by atoms with Crippen LogP contribution in [0.5, 0.6) is 0 Å². The molecule has 3 aromatic rings. The zero-order valence-corrected chi connectivity index (χ0v) is 17.5. The lowest BCUT2D eigenvalue weighted by Gasteiger charge is -2.34. The molecule has 4 N–H and O–H groups in total. The number of benzene rings is 1. The zero-order chi connectivity index (χ0) is 22.3. The van der Waals surface area contributed by atoms with Crippen LogP contribution in [0.1, 0.15) is 28.8 Å². The van der Waals surface area contributed by atoms with Gasteiger partial charge in [0, 0.05) is 50.0 Å². The fraction of sp³-hybridized carbons (Fsp3) is 0.261. The van der Waals surface area contributed by atoms with Crippen LogP contribution in [0.2, 0.25) is 0 Å². The number of pyridine rings is 1. The summed E-state index contributed by atoms with van der Waals surface area (Å²) in [7, 11) is 0. The maximum Gasteiger partial charge on any atom is 0.252 e. The molecule has 3 heterocycles. The van der Waals surface area contributed by atoms with Crippen LogP contribution in [0.4, 0.5) is 23.0 Å². The third-order valence-corrected chi connectivity index (χ3v) is 5.45. The van der Waals surface area contributed by atoms with E-state index in [1.165, 1.54) is 6.20 Å². The standard InChI is InChI=1S/C23H24N8O/c24-11-16-3-5-18(6-4-16)31-9-1-2-17(15-31)12-28-20-10-21(29-13-19(20)23(25)32)30-22-14-26-7-8-27-22/h3-8,10,13-14,17H,1-2,9,12,15H2,(H2,25,32)(H2,27,28,29,30). The molecule has 1 fully saturated rings. The first kappa shape index (κ1) is 21.1. The summed E-state index contributed by atoms with van der Waals surface area (Å²) in [6, 6.07) is 11.6. The number of piperidine rings is 1. The molecule has 1 aliphatic heterocycles. The number of aromatic nitrogens is 3. The van der Waals surface area contributed by atoms with Gasteiger partial charge >= 0.3 is 0 Å². The molecule has 1 unspecified atom stereocenters. The molecule has 0 aliphatic carbocycles. The highest BCUT2D eigenvalue weighted by atomic mass is 16.1. The van der Waals surface area contributed by atoms with Crippen LogP contribution in [-0.4, -0.2) is 40.5 Å². The monoisotopic (exact) mass is 428 g/mol. The van der Waals surface area contributed by atoms with E-state index in [1.807, 2.05) is 24.3 Å². The molecule has 1 aromatic carbocycles. The minimum absolute atomic E-state index is 0.342. The Bertz CT molecular complexity index is 1110. The number of nitrogens with two attached hydrogens (primary N) is 1. The Morgan fingerprint density at radius 3 is 2.75 bits per heavy atom. The Morgan fingerprint density at radius 1 is 1.19 bits per heavy atom. The molecule has 4 rings (SSSR count). The van der Waals surface area contributed by atoms with Crippen LogP contribution in [0.15, 0.2) is 55.1 Å². The van der Waals surface area contributed by atoms with E-state index >= 15 is 0 Å². The zero-order valence-electron chi connectivity index (χ0n) is 17.5. The van der Waals surface area contributed by atoms with Crippen LogP contribution < -0.4 is 21.3 Å². The topological polar surface area (TPSA) is 133 Å². The Kier molecular flexibility index (Phi) is 6.41. The molecule has 1 aliphatic rings. The number of nitrogens with one attached hydrogen (secondary N) is 2. The molecule has 1 atom stereocenters. The van der Waals surface area contributed by atoms with Gasteiger partial charge in [-0.1, -0.05) is 0 Å². The lowest BCUT2D eigenvalue weighted by atomic mass is 9.97. The summed E-state index contributed by atoms with van der Waals surface area (Å²) in [5.41, 5.74) is 8.31. The first-order valence-electron chi connectivity index (χ1n) is 10.4.